The van der Waals surface area contributed by atoms with Crippen LogP contribution in [-0.4, -0.2) is 20.9 Å². The van der Waals surface area contributed by atoms with Crippen LogP contribution in [0.3, 0.4) is 0 Å². The van der Waals surface area contributed by atoms with E-state index in [0.29, 0.717) is 24.7 Å². The van der Waals surface area contributed by atoms with Gasteiger partial charge in [-0.15, -0.1) is 0 Å². The molecule has 1 aliphatic heterocycles. The summed E-state index contributed by atoms with van der Waals surface area (Å²) in [5, 5.41) is 0. The molecule has 24 heavy (non-hydrogen) atoms. The van der Waals surface area contributed by atoms with E-state index in [2.05, 4.69) is 4.72 Å². The topological polar surface area (TPSA) is 66.5 Å². The van der Waals surface area contributed by atoms with Crippen LogP contribution in [0, 0.1) is 11.6 Å². The maximum atomic E-state index is 13.3. The number of amides is 1. The van der Waals surface area contributed by atoms with Gasteiger partial charge in [0.25, 0.3) is 10.0 Å². The molecule has 0 bridgehead atoms. The van der Waals surface area contributed by atoms with E-state index in [1.165, 1.54) is 6.92 Å². The first kappa shape index (κ1) is 16.4. The summed E-state index contributed by atoms with van der Waals surface area (Å²) >= 11 is 0. The minimum Gasteiger partial charge on any atom is -0.312 e. The van der Waals surface area contributed by atoms with Crippen LogP contribution in [0.1, 0.15) is 12.5 Å². The van der Waals surface area contributed by atoms with Crippen molar-refractivity contribution >= 4 is 27.3 Å². The first-order valence-electron chi connectivity index (χ1n) is 7.17. The Morgan fingerprint density at radius 2 is 1.88 bits per heavy atom. The number of carbonyl (C=O) groups excluding carboxylic acids is 1. The number of benzene rings is 2. The van der Waals surface area contributed by atoms with Gasteiger partial charge in [0.1, 0.15) is 0 Å². The maximum absolute atomic E-state index is 13.3. The second kappa shape index (κ2) is 5.86. The number of sulfonamides is 1. The zero-order chi connectivity index (χ0) is 17.5. The van der Waals surface area contributed by atoms with Crippen molar-refractivity contribution in [3.63, 3.8) is 0 Å². The first-order chi connectivity index (χ1) is 11.3. The number of rotatable bonds is 3. The third-order valence-corrected chi connectivity index (χ3v) is 5.19. The summed E-state index contributed by atoms with van der Waals surface area (Å²) in [6.07, 6.45) is 0.700. The minimum atomic E-state index is -4.07. The number of carbonyl (C=O) groups is 1. The smallest absolute Gasteiger partial charge is 0.262 e. The van der Waals surface area contributed by atoms with Gasteiger partial charge in [-0.2, -0.15) is 0 Å². The number of nitrogens with zero attached hydrogens (tertiary/aromatic N) is 1. The summed E-state index contributed by atoms with van der Waals surface area (Å²) in [7, 11) is -4.07. The fraction of sp³-hybridized carbons (Fsp3) is 0.188. The van der Waals surface area contributed by atoms with Crippen molar-refractivity contribution in [2.45, 2.75) is 18.2 Å². The first-order valence-corrected chi connectivity index (χ1v) is 8.65. The number of hydrogen-bond acceptors (Lipinski definition) is 3. The molecule has 1 amide bonds. The molecule has 0 aliphatic carbocycles. The van der Waals surface area contributed by atoms with E-state index in [0.717, 1.165) is 17.7 Å². The van der Waals surface area contributed by atoms with Crippen LogP contribution in [0.25, 0.3) is 0 Å². The van der Waals surface area contributed by atoms with Crippen LogP contribution in [0.5, 0.6) is 0 Å². The number of nitrogens with one attached hydrogen (secondary N) is 1. The molecule has 0 saturated heterocycles. The SMILES string of the molecule is CC(=O)N1CCc2ccc(NS(=O)(=O)c3ccc(F)c(F)c3)cc21. The number of anilines is 2. The van der Waals surface area contributed by atoms with E-state index in [4.69, 9.17) is 0 Å². The van der Waals surface area contributed by atoms with E-state index in [1.54, 1.807) is 23.1 Å². The molecule has 2 aromatic carbocycles. The monoisotopic (exact) mass is 352 g/mol. The zero-order valence-corrected chi connectivity index (χ0v) is 13.5. The Kier molecular flexibility index (Phi) is 4.00. The van der Waals surface area contributed by atoms with Gasteiger partial charge in [-0.05, 0) is 42.3 Å². The summed E-state index contributed by atoms with van der Waals surface area (Å²) in [5.74, 6) is -2.49. The number of hydrogen-bond donors (Lipinski definition) is 1. The normalized spacial score (nSPS) is 13.7. The molecule has 3 rings (SSSR count). The maximum Gasteiger partial charge on any atom is 0.262 e. The van der Waals surface area contributed by atoms with E-state index in [1.807, 2.05) is 0 Å². The molecule has 1 N–H and O–H groups in total. The van der Waals surface area contributed by atoms with Crippen LogP contribution in [-0.2, 0) is 21.2 Å². The van der Waals surface area contributed by atoms with Crippen molar-refractivity contribution in [2.24, 2.45) is 0 Å². The van der Waals surface area contributed by atoms with Gasteiger partial charge in [0.2, 0.25) is 5.91 Å². The van der Waals surface area contributed by atoms with Gasteiger partial charge in [0.05, 0.1) is 10.6 Å². The molecule has 0 atom stereocenters. The van der Waals surface area contributed by atoms with Gasteiger partial charge < -0.3 is 4.90 Å². The Labute approximate surface area is 138 Å². The van der Waals surface area contributed by atoms with Crippen LogP contribution < -0.4 is 9.62 Å². The highest BCUT2D eigenvalue weighted by molar-refractivity contribution is 7.92. The third-order valence-electron chi connectivity index (χ3n) is 3.81. The Balaban J connectivity index is 1.92. The molecule has 0 saturated carbocycles. The fourth-order valence-electron chi connectivity index (χ4n) is 2.63. The molecule has 0 unspecified atom stereocenters. The molecule has 2 aromatic rings. The van der Waals surface area contributed by atoms with E-state index in [9.17, 15) is 22.0 Å². The molecule has 0 radical (unpaired) electrons. The molecule has 126 valence electrons. The Morgan fingerprint density at radius 3 is 2.54 bits per heavy atom. The van der Waals surface area contributed by atoms with Crippen LogP contribution in [0.15, 0.2) is 41.3 Å². The standard InChI is InChI=1S/C16H14F2N2O3S/c1-10(21)20-7-6-11-2-3-12(8-16(11)20)19-24(22,23)13-4-5-14(17)15(18)9-13/h2-5,8-9,19H,6-7H2,1H3. The second-order valence-corrected chi connectivity index (χ2v) is 7.13. The quantitative estimate of drug-likeness (QED) is 0.924. The zero-order valence-electron chi connectivity index (χ0n) is 12.7. The molecule has 5 nitrogen and oxygen atoms in total. The highest BCUT2D eigenvalue weighted by Crippen LogP contribution is 2.31. The second-order valence-electron chi connectivity index (χ2n) is 5.45. The molecule has 1 aliphatic rings. The predicted octanol–water partition coefficient (Wildman–Crippen LogP) is 2.67. The average molecular weight is 352 g/mol. The minimum absolute atomic E-state index is 0.130. The predicted molar refractivity (Wildman–Crippen MR) is 85.3 cm³/mol. The van der Waals surface area contributed by atoms with E-state index >= 15 is 0 Å². The van der Waals surface area contributed by atoms with Crippen molar-refractivity contribution in [2.75, 3.05) is 16.2 Å². The molecular formula is C16H14F2N2O3S. The van der Waals surface area contributed by atoms with Crippen LogP contribution >= 0.6 is 0 Å². The average Bonchev–Trinajstić information content (AvgIpc) is 2.92. The third kappa shape index (κ3) is 2.96. The largest absolute Gasteiger partial charge is 0.312 e. The van der Waals surface area contributed by atoms with E-state index < -0.39 is 21.7 Å². The lowest BCUT2D eigenvalue weighted by Crippen LogP contribution is -2.25. The lowest BCUT2D eigenvalue weighted by molar-refractivity contribution is -0.116. The number of halogens is 2. The molecule has 0 aromatic heterocycles. The van der Waals surface area contributed by atoms with Gasteiger partial charge in [-0.25, -0.2) is 17.2 Å². The summed E-state index contributed by atoms with van der Waals surface area (Å²) < 4.78 is 53.1. The Bertz CT molecular complexity index is 929. The lowest BCUT2D eigenvalue weighted by Gasteiger charge is -2.16. The Hall–Kier alpha value is -2.48. The molecule has 0 spiro atoms. The summed E-state index contributed by atoms with van der Waals surface area (Å²) in [4.78, 5) is 12.8. The highest BCUT2D eigenvalue weighted by Gasteiger charge is 2.23. The molecule has 0 fully saturated rings. The highest BCUT2D eigenvalue weighted by atomic mass is 32.2. The number of fused-ring (bicyclic) bond motifs is 1. The van der Waals surface area contributed by atoms with Gasteiger partial charge in [0.15, 0.2) is 11.6 Å². The Morgan fingerprint density at radius 1 is 1.12 bits per heavy atom. The lowest BCUT2D eigenvalue weighted by atomic mass is 10.1. The van der Waals surface area contributed by atoms with Crippen LogP contribution in [0.4, 0.5) is 20.2 Å². The van der Waals surface area contributed by atoms with Crippen LogP contribution in [0.2, 0.25) is 0 Å². The molecule has 1 heterocycles. The summed E-state index contributed by atoms with van der Waals surface area (Å²) in [6.45, 7) is 1.98. The summed E-state index contributed by atoms with van der Waals surface area (Å²) in [5.41, 5.74) is 1.83. The van der Waals surface area contributed by atoms with Crippen molar-refractivity contribution in [1.29, 1.82) is 0 Å². The van der Waals surface area contributed by atoms with Crippen molar-refractivity contribution in [3.05, 3.63) is 53.6 Å². The van der Waals surface area contributed by atoms with Crippen molar-refractivity contribution in [1.82, 2.24) is 0 Å². The summed E-state index contributed by atoms with van der Waals surface area (Å²) in [6, 6.07) is 7.22. The van der Waals surface area contributed by atoms with Crippen molar-refractivity contribution < 1.29 is 22.0 Å². The van der Waals surface area contributed by atoms with E-state index in [-0.39, 0.29) is 16.5 Å². The van der Waals surface area contributed by atoms with Crippen molar-refractivity contribution in [3.8, 4) is 0 Å². The molecule has 8 heteroatoms. The van der Waals surface area contributed by atoms with Gasteiger partial charge in [-0.3, -0.25) is 9.52 Å². The van der Waals surface area contributed by atoms with Gasteiger partial charge in [0, 0.05) is 19.2 Å². The fourth-order valence-corrected chi connectivity index (χ4v) is 3.69. The van der Waals surface area contributed by atoms with Gasteiger partial charge in [-0.1, -0.05) is 6.07 Å². The molecular weight excluding hydrogens is 338 g/mol. The van der Waals surface area contributed by atoms with Gasteiger partial charge >= 0.3 is 0 Å².